The summed E-state index contributed by atoms with van der Waals surface area (Å²) in [6.07, 6.45) is 3.27. The minimum absolute atomic E-state index is 0.120. The fourth-order valence-electron chi connectivity index (χ4n) is 2.29. The van der Waals surface area contributed by atoms with E-state index in [0.29, 0.717) is 11.4 Å². The molecule has 0 saturated heterocycles. The number of carbonyl (C=O) groups excluding carboxylic acids is 1. The van der Waals surface area contributed by atoms with Crippen LogP contribution in [0.2, 0.25) is 0 Å². The summed E-state index contributed by atoms with van der Waals surface area (Å²) in [6, 6.07) is 7.61. The van der Waals surface area contributed by atoms with Crippen LogP contribution in [0.25, 0.3) is 10.9 Å². The first-order chi connectivity index (χ1) is 9.66. The summed E-state index contributed by atoms with van der Waals surface area (Å²) in [5.74, 6) is 0.518. The second kappa shape index (κ2) is 4.80. The molecule has 6 heteroatoms. The summed E-state index contributed by atoms with van der Waals surface area (Å²) in [6.45, 7) is 1.86. The number of nitrogens with zero attached hydrogens (tertiary/aromatic N) is 3. The molecule has 3 rings (SSSR count). The molecule has 0 bridgehead atoms. The van der Waals surface area contributed by atoms with Crippen molar-refractivity contribution in [2.24, 2.45) is 7.05 Å². The van der Waals surface area contributed by atoms with Crippen LogP contribution in [-0.4, -0.2) is 25.7 Å². The molecule has 1 amide bonds. The van der Waals surface area contributed by atoms with Gasteiger partial charge in [-0.05, 0) is 13.0 Å². The number of H-pyrrole nitrogens is 1. The highest BCUT2D eigenvalue weighted by atomic mass is 16.1. The Morgan fingerprint density at radius 3 is 2.95 bits per heavy atom. The number of fused-ring (bicyclic) bond motifs is 1. The lowest BCUT2D eigenvalue weighted by Gasteiger charge is -2.10. The SMILES string of the molecule is CC(NC(=O)c1cn(C)c2ccccc12)c1ncn[nH]1. The Morgan fingerprint density at radius 1 is 1.40 bits per heavy atom. The second-order valence-corrected chi connectivity index (χ2v) is 4.74. The van der Waals surface area contributed by atoms with Crippen molar-refractivity contribution >= 4 is 16.8 Å². The average Bonchev–Trinajstić information content (AvgIpc) is 3.07. The lowest BCUT2D eigenvalue weighted by Crippen LogP contribution is -2.27. The molecule has 1 unspecified atom stereocenters. The lowest BCUT2D eigenvalue weighted by molar-refractivity contribution is 0.0940. The van der Waals surface area contributed by atoms with E-state index in [9.17, 15) is 4.79 Å². The van der Waals surface area contributed by atoms with Crippen LogP contribution in [0.1, 0.15) is 29.1 Å². The number of amides is 1. The van der Waals surface area contributed by atoms with E-state index >= 15 is 0 Å². The van der Waals surface area contributed by atoms with Crippen molar-refractivity contribution in [2.45, 2.75) is 13.0 Å². The van der Waals surface area contributed by atoms with E-state index < -0.39 is 0 Å². The van der Waals surface area contributed by atoms with Crippen LogP contribution in [0.3, 0.4) is 0 Å². The Bertz CT molecular complexity index is 744. The second-order valence-electron chi connectivity index (χ2n) is 4.74. The van der Waals surface area contributed by atoms with Crippen molar-refractivity contribution in [2.75, 3.05) is 0 Å². The Hall–Kier alpha value is -2.63. The van der Waals surface area contributed by atoms with Gasteiger partial charge in [0.25, 0.3) is 5.91 Å². The van der Waals surface area contributed by atoms with E-state index in [2.05, 4.69) is 20.5 Å². The van der Waals surface area contributed by atoms with Crippen LogP contribution in [0, 0.1) is 0 Å². The largest absolute Gasteiger partial charge is 0.350 e. The molecule has 1 atom stereocenters. The number of para-hydroxylation sites is 1. The van der Waals surface area contributed by atoms with Gasteiger partial charge < -0.3 is 9.88 Å². The van der Waals surface area contributed by atoms with E-state index in [0.717, 1.165) is 10.9 Å². The molecule has 20 heavy (non-hydrogen) atoms. The van der Waals surface area contributed by atoms with Gasteiger partial charge in [0.15, 0.2) is 0 Å². The minimum Gasteiger partial charge on any atom is -0.350 e. The van der Waals surface area contributed by atoms with E-state index in [4.69, 9.17) is 0 Å². The van der Waals surface area contributed by atoms with Gasteiger partial charge in [0.05, 0.1) is 11.6 Å². The zero-order chi connectivity index (χ0) is 14.1. The van der Waals surface area contributed by atoms with Crippen molar-refractivity contribution in [1.29, 1.82) is 0 Å². The minimum atomic E-state index is -0.219. The lowest BCUT2D eigenvalue weighted by atomic mass is 10.1. The maximum Gasteiger partial charge on any atom is 0.254 e. The van der Waals surface area contributed by atoms with Crippen molar-refractivity contribution < 1.29 is 4.79 Å². The van der Waals surface area contributed by atoms with Crippen molar-refractivity contribution in [1.82, 2.24) is 25.1 Å². The summed E-state index contributed by atoms with van der Waals surface area (Å²) >= 11 is 0. The molecule has 0 spiro atoms. The van der Waals surface area contributed by atoms with Gasteiger partial charge in [0, 0.05) is 24.1 Å². The molecule has 2 heterocycles. The van der Waals surface area contributed by atoms with E-state index in [-0.39, 0.29) is 11.9 Å². The number of nitrogens with one attached hydrogen (secondary N) is 2. The fourth-order valence-corrected chi connectivity index (χ4v) is 2.29. The van der Waals surface area contributed by atoms with Crippen molar-refractivity contribution in [3.05, 3.63) is 48.2 Å². The molecule has 1 aromatic carbocycles. The average molecular weight is 269 g/mol. The number of hydrogen-bond donors (Lipinski definition) is 2. The third kappa shape index (κ3) is 2.05. The molecule has 2 aromatic heterocycles. The van der Waals surface area contributed by atoms with Gasteiger partial charge in [-0.3, -0.25) is 9.89 Å². The van der Waals surface area contributed by atoms with E-state index in [1.165, 1.54) is 6.33 Å². The molecule has 0 saturated carbocycles. The van der Waals surface area contributed by atoms with Crippen LogP contribution in [0.4, 0.5) is 0 Å². The van der Waals surface area contributed by atoms with Gasteiger partial charge in [0.2, 0.25) is 0 Å². The predicted molar refractivity (Wildman–Crippen MR) is 75.2 cm³/mol. The summed E-state index contributed by atoms with van der Waals surface area (Å²) < 4.78 is 1.95. The number of aryl methyl sites for hydroxylation is 1. The highest BCUT2D eigenvalue weighted by Crippen LogP contribution is 2.20. The predicted octanol–water partition coefficient (Wildman–Crippen LogP) is 1.79. The number of carbonyl (C=O) groups is 1. The van der Waals surface area contributed by atoms with Crippen molar-refractivity contribution in [3.8, 4) is 0 Å². The molecule has 6 nitrogen and oxygen atoms in total. The fraction of sp³-hybridized carbons (Fsp3) is 0.214. The van der Waals surface area contributed by atoms with E-state index in [1.807, 2.05) is 49.0 Å². The molecular weight excluding hydrogens is 254 g/mol. The monoisotopic (exact) mass is 269 g/mol. The Kier molecular flexibility index (Phi) is 2.98. The topological polar surface area (TPSA) is 75.6 Å². The summed E-state index contributed by atoms with van der Waals surface area (Å²) in [5.41, 5.74) is 1.69. The number of rotatable bonds is 3. The Labute approximate surface area is 115 Å². The summed E-state index contributed by atoms with van der Waals surface area (Å²) in [5, 5.41) is 10.4. The number of aromatic amines is 1. The van der Waals surface area contributed by atoms with Gasteiger partial charge in [-0.15, -0.1) is 0 Å². The van der Waals surface area contributed by atoms with Crippen LogP contribution >= 0.6 is 0 Å². The van der Waals surface area contributed by atoms with Crippen LogP contribution in [0.5, 0.6) is 0 Å². The molecule has 0 aliphatic carbocycles. The quantitative estimate of drug-likeness (QED) is 0.761. The molecule has 0 fully saturated rings. The van der Waals surface area contributed by atoms with E-state index in [1.54, 1.807) is 0 Å². The number of hydrogen-bond acceptors (Lipinski definition) is 3. The number of benzene rings is 1. The first kappa shape index (κ1) is 12.4. The first-order valence-electron chi connectivity index (χ1n) is 6.37. The molecule has 0 aliphatic rings. The van der Waals surface area contributed by atoms with Crippen LogP contribution in [0.15, 0.2) is 36.8 Å². The van der Waals surface area contributed by atoms with Gasteiger partial charge in [-0.2, -0.15) is 5.10 Å². The normalized spacial score (nSPS) is 12.5. The molecule has 2 N–H and O–H groups in total. The zero-order valence-electron chi connectivity index (χ0n) is 11.3. The summed E-state index contributed by atoms with van der Waals surface area (Å²) in [7, 11) is 1.93. The van der Waals surface area contributed by atoms with Crippen LogP contribution < -0.4 is 5.32 Å². The molecule has 0 aliphatic heterocycles. The molecule has 3 aromatic rings. The first-order valence-corrected chi connectivity index (χ1v) is 6.37. The van der Waals surface area contributed by atoms with Gasteiger partial charge in [-0.1, -0.05) is 18.2 Å². The smallest absolute Gasteiger partial charge is 0.254 e. The van der Waals surface area contributed by atoms with Gasteiger partial charge in [-0.25, -0.2) is 4.98 Å². The Balaban J connectivity index is 1.90. The van der Waals surface area contributed by atoms with Gasteiger partial charge in [0.1, 0.15) is 12.2 Å². The maximum atomic E-state index is 12.4. The molecule has 0 radical (unpaired) electrons. The van der Waals surface area contributed by atoms with Crippen molar-refractivity contribution in [3.63, 3.8) is 0 Å². The highest BCUT2D eigenvalue weighted by Gasteiger charge is 2.17. The Morgan fingerprint density at radius 2 is 2.20 bits per heavy atom. The maximum absolute atomic E-state index is 12.4. The highest BCUT2D eigenvalue weighted by molar-refractivity contribution is 6.07. The third-order valence-electron chi connectivity index (χ3n) is 3.33. The molecular formula is C14H15N5O. The van der Waals surface area contributed by atoms with Crippen LogP contribution in [-0.2, 0) is 7.05 Å². The zero-order valence-corrected chi connectivity index (χ0v) is 11.3. The third-order valence-corrected chi connectivity index (χ3v) is 3.33. The number of aromatic nitrogens is 4. The summed E-state index contributed by atoms with van der Waals surface area (Å²) in [4.78, 5) is 16.4. The standard InChI is InChI=1S/C14H15N5O/c1-9(13-15-8-16-18-13)17-14(20)11-7-19(2)12-6-4-3-5-10(11)12/h3-9H,1-2H3,(H,17,20)(H,15,16,18). The molecule has 102 valence electrons. The van der Waals surface area contributed by atoms with Gasteiger partial charge >= 0.3 is 0 Å².